The Bertz CT molecular complexity index is 748. The van der Waals surface area contributed by atoms with Gasteiger partial charge in [-0.25, -0.2) is 0 Å². The molecule has 0 heterocycles. The van der Waals surface area contributed by atoms with Crippen molar-refractivity contribution in [1.29, 1.82) is 0 Å². The topological polar surface area (TPSA) is 64.4 Å². The summed E-state index contributed by atoms with van der Waals surface area (Å²) in [6.07, 6.45) is -4.39. The number of nitro groups is 1. The lowest BCUT2D eigenvalue weighted by atomic mass is 10.1. The molecule has 0 atom stereocenters. The van der Waals surface area contributed by atoms with Crippen molar-refractivity contribution in [2.45, 2.75) is 26.2 Å². The molecule has 0 saturated heterocycles. The maximum atomic E-state index is 12.7. The Morgan fingerprint density at radius 3 is 2.56 bits per heavy atom. The van der Waals surface area contributed by atoms with E-state index in [0.717, 1.165) is 12.1 Å². The van der Waals surface area contributed by atoms with Crippen molar-refractivity contribution in [3.63, 3.8) is 0 Å². The van der Waals surface area contributed by atoms with Crippen molar-refractivity contribution in [3.05, 3.63) is 69.3 Å². The molecule has 0 radical (unpaired) electrons. The Balaban J connectivity index is 2.08. The van der Waals surface area contributed by atoms with Crippen LogP contribution >= 0.6 is 0 Å². The Labute approximate surface area is 142 Å². The van der Waals surface area contributed by atoms with E-state index in [1.54, 1.807) is 13.0 Å². The minimum atomic E-state index is -4.39. The number of hydrogen-bond acceptors (Lipinski definition) is 4. The molecule has 134 valence electrons. The van der Waals surface area contributed by atoms with Gasteiger partial charge in [-0.1, -0.05) is 18.2 Å². The van der Waals surface area contributed by atoms with E-state index in [0.29, 0.717) is 23.5 Å². The minimum Gasteiger partial charge on any atom is -0.494 e. The molecular formula is C17H17F3N2O3. The smallest absolute Gasteiger partial charge is 0.416 e. The van der Waals surface area contributed by atoms with Crippen molar-refractivity contribution in [2.24, 2.45) is 0 Å². The van der Waals surface area contributed by atoms with E-state index >= 15 is 0 Å². The highest BCUT2D eigenvalue weighted by atomic mass is 19.4. The maximum absolute atomic E-state index is 12.7. The molecule has 0 saturated carbocycles. The van der Waals surface area contributed by atoms with Gasteiger partial charge in [0.25, 0.3) is 5.69 Å². The van der Waals surface area contributed by atoms with Crippen molar-refractivity contribution in [1.82, 2.24) is 5.32 Å². The zero-order valence-electron chi connectivity index (χ0n) is 13.5. The highest BCUT2D eigenvalue weighted by molar-refractivity contribution is 5.43. The lowest BCUT2D eigenvalue weighted by molar-refractivity contribution is -0.384. The molecule has 0 bridgehead atoms. The van der Waals surface area contributed by atoms with Crippen molar-refractivity contribution >= 4 is 5.69 Å². The van der Waals surface area contributed by atoms with Crippen LogP contribution in [0.5, 0.6) is 5.75 Å². The normalized spacial score (nSPS) is 11.4. The summed E-state index contributed by atoms with van der Waals surface area (Å²) in [6, 6.07) is 9.27. The molecule has 0 amide bonds. The fourth-order valence-corrected chi connectivity index (χ4v) is 2.31. The number of rotatable bonds is 7. The Morgan fingerprint density at radius 1 is 1.16 bits per heavy atom. The third-order valence-corrected chi connectivity index (χ3v) is 3.45. The van der Waals surface area contributed by atoms with E-state index in [1.165, 1.54) is 24.3 Å². The number of nitro benzene ring substituents is 1. The van der Waals surface area contributed by atoms with Gasteiger partial charge in [0.1, 0.15) is 5.75 Å². The van der Waals surface area contributed by atoms with Crippen molar-refractivity contribution < 1.29 is 22.8 Å². The molecule has 0 aliphatic heterocycles. The van der Waals surface area contributed by atoms with E-state index in [-0.39, 0.29) is 18.8 Å². The van der Waals surface area contributed by atoms with E-state index < -0.39 is 16.7 Å². The van der Waals surface area contributed by atoms with Gasteiger partial charge in [0.2, 0.25) is 0 Å². The molecular weight excluding hydrogens is 337 g/mol. The molecule has 0 spiro atoms. The number of hydrogen-bond donors (Lipinski definition) is 1. The zero-order valence-corrected chi connectivity index (χ0v) is 13.5. The fraction of sp³-hybridized carbons (Fsp3) is 0.294. The Kier molecular flexibility index (Phi) is 5.97. The predicted molar refractivity (Wildman–Crippen MR) is 86.3 cm³/mol. The first-order chi connectivity index (χ1) is 11.8. The summed E-state index contributed by atoms with van der Waals surface area (Å²) in [5.74, 6) is 0.504. The van der Waals surface area contributed by atoms with Crippen LogP contribution in [-0.2, 0) is 19.3 Å². The molecule has 0 aliphatic rings. The molecule has 2 aromatic rings. The van der Waals surface area contributed by atoms with Crippen LogP contribution in [-0.4, -0.2) is 11.5 Å². The van der Waals surface area contributed by atoms with Crippen LogP contribution in [0, 0.1) is 10.1 Å². The SMILES string of the molecule is CCOc1ccc([N+](=O)[O-])cc1CNCc1cccc(C(F)(F)F)c1. The molecule has 2 aromatic carbocycles. The zero-order chi connectivity index (χ0) is 18.4. The second-order valence-electron chi connectivity index (χ2n) is 5.28. The Hall–Kier alpha value is -2.61. The third kappa shape index (κ3) is 5.18. The standard InChI is InChI=1S/C17H17F3N2O3/c1-2-25-16-7-6-15(22(23)24)9-13(16)11-21-10-12-4-3-5-14(8-12)17(18,19)20/h3-9,21H,2,10-11H2,1H3. The summed E-state index contributed by atoms with van der Waals surface area (Å²) in [6.45, 7) is 2.62. The number of halogens is 3. The molecule has 25 heavy (non-hydrogen) atoms. The van der Waals surface area contributed by atoms with Gasteiger partial charge in [0.15, 0.2) is 0 Å². The summed E-state index contributed by atoms with van der Waals surface area (Å²) in [5.41, 5.74) is 0.262. The van der Waals surface area contributed by atoms with Crippen LogP contribution < -0.4 is 10.1 Å². The van der Waals surface area contributed by atoms with Crippen LogP contribution in [0.1, 0.15) is 23.6 Å². The van der Waals surface area contributed by atoms with Gasteiger partial charge in [-0.3, -0.25) is 10.1 Å². The summed E-state index contributed by atoms with van der Waals surface area (Å²) in [4.78, 5) is 10.4. The second kappa shape index (κ2) is 7.98. The predicted octanol–water partition coefficient (Wildman–Crippen LogP) is 4.30. The van der Waals surface area contributed by atoms with Gasteiger partial charge in [-0.2, -0.15) is 13.2 Å². The third-order valence-electron chi connectivity index (χ3n) is 3.45. The van der Waals surface area contributed by atoms with Crippen LogP contribution in [0.25, 0.3) is 0 Å². The van der Waals surface area contributed by atoms with Crippen LogP contribution in [0.15, 0.2) is 42.5 Å². The lowest BCUT2D eigenvalue weighted by Crippen LogP contribution is -2.15. The number of nitrogens with one attached hydrogen (secondary N) is 1. The monoisotopic (exact) mass is 354 g/mol. The number of benzene rings is 2. The fourth-order valence-electron chi connectivity index (χ4n) is 2.31. The number of nitrogens with zero attached hydrogens (tertiary/aromatic N) is 1. The van der Waals surface area contributed by atoms with E-state index in [9.17, 15) is 23.3 Å². The van der Waals surface area contributed by atoms with Gasteiger partial charge in [-0.05, 0) is 24.6 Å². The summed E-state index contributed by atoms with van der Waals surface area (Å²) in [7, 11) is 0. The number of ether oxygens (including phenoxy) is 1. The second-order valence-corrected chi connectivity index (χ2v) is 5.28. The van der Waals surface area contributed by atoms with Gasteiger partial charge in [0, 0.05) is 30.8 Å². The first kappa shape index (κ1) is 18.7. The minimum absolute atomic E-state index is 0.0701. The largest absolute Gasteiger partial charge is 0.494 e. The lowest BCUT2D eigenvalue weighted by Gasteiger charge is -2.12. The van der Waals surface area contributed by atoms with Crippen molar-refractivity contribution in [3.8, 4) is 5.75 Å². The van der Waals surface area contributed by atoms with E-state index in [1.807, 2.05) is 0 Å². The average molecular weight is 354 g/mol. The maximum Gasteiger partial charge on any atom is 0.416 e. The van der Waals surface area contributed by atoms with Crippen LogP contribution in [0.3, 0.4) is 0 Å². The van der Waals surface area contributed by atoms with Crippen LogP contribution in [0.4, 0.5) is 18.9 Å². The number of alkyl halides is 3. The highest BCUT2D eigenvalue weighted by Crippen LogP contribution is 2.29. The molecule has 0 fully saturated rings. The summed E-state index contributed by atoms with van der Waals surface area (Å²) >= 11 is 0. The summed E-state index contributed by atoms with van der Waals surface area (Å²) < 4.78 is 43.6. The molecule has 5 nitrogen and oxygen atoms in total. The Morgan fingerprint density at radius 2 is 1.92 bits per heavy atom. The van der Waals surface area contributed by atoms with Crippen LogP contribution in [0.2, 0.25) is 0 Å². The van der Waals surface area contributed by atoms with E-state index in [2.05, 4.69) is 5.32 Å². The van der Waals surface area contributed by atoms with Gasteiger partial charge in [-0.15, -0.1) is 0 Å². The average Bonchev–Trinajstić information content (AvgIpc) is 2.56. The van der Waals surface area contributed by atoms with E-state index in [4.69, 9.17) is 4.74 Å². The first-order valence-electron chi connectivity index (χ1n) is 7.58. The molecule has 0 aliphatic carbocycles. The molecule has 0 aromatic heterocycles. The van der Waals surface area contributed by atoms with Crippen molar-refractivity contribution in [2.75, 3.05) is 6.61 Å². The quantitative estimate of drug-likeness (QED) is 0.595. The first-order valence-corrected chi connectivity index (χ1v) is 7.58. The highest BCUT2D eigenvalue weighted by Gasteiger charge is 2.30. The molecule has 2 rings (SSSR count). The van der Waals surface area contributed by atoms with Gasteiger partial charge in [0.05, 0.1) is 17.1 Å². The molecule has 8 heteroatoms. The number of non-ortho nitro benzene ring substituents is 1. The van der Waals surface area contributed by atoms with Gasteiger partial charge < -0.3 is 10.1 Å². The van der Waals surface area contributed by atoms with Gasteiger partial charge >= 0.3 is 6.18 Å². The molecule has 1 N–H and O–H groups in total. The molecule has 0 unspecified atom stereocenters. The summed E-state index contributed by atoms with van der Waals surface area (Å²) in [5, 5.41) is 13.9.